The normalized spacial score (nSPS) is 13.8. The molecular weight excluding hydrogens is 196 g/mol. The minimum Gasteiger partial charge on any atom is -0.396 e. The molecule has 0 radical (unpaired) electrons. The Balaban J connectivity index is 2.68. The molecule has 0 saturated heterocycles. The zero-order valence-electron chi connectivity index (χ0n) is 11.0. The maximum atomic E-state index is 9.47. The van der Waals surface area contributed by atoms with Gasteiger partial charge in [0.05, 0.1) is 0 Å². The van der Waals surface area contributed by atoms with Gasteiger partial charge in [0.25, 0.3) is 0 Å². The van der Waals surface area contributed by atoms with E-state index >= 15 is 0 Å². The van der Waals surface area contributed by atoms with Gasteiger partial charge in [-0.15, -0.1) is 0 Å². The maximum Gasteiger partial charge on any atom is 0.0499 e. The van der Waals surface area contributed by atoms with Gasteiger partial charge in [-0.3, -0.25) is 0 Å². The highest BCUT2D eigenvalue weighted by Crippen LogP contribution is 2.28. The van der Waals surface area contributed by atoms with Crippen LogP contribution < -0.4 is 0 Å². The quantitative estimate of drug-likeness (QED) is 0.816. The van der Waals surface area contributed by atoms with Gasteiger partial charge in [-0.05, 0) is 30.7 Å². The summed E-state index contributed by atoms with van der Waals surface area (Å²) in [5, 5.41) is 9.47. The molecule has 0 heterocycles. The third kappa shape index (κ3) is 4.36. The molecule has 0 fully saturated rings. The van der Waals surface area contributed by atoms with Crippen molar-refractivity contribution >= 4 is 0 Å². The third-order valence-corrected chi connectivity index (χ3v) is 2.98. The van der Waals surface area contributed by atoms with E-state index in [-0.39, 0.29) is 6.61 Å². The van der Waals surface area contributed by atoms with Crippen molar-refractivity contribution in [3.63, 3.8) is 0 Å². The molecule has 0 spiro atoms. The highest BCUT2D eigenvalue weighted by atomic mass is 16.3. The summed E-state index contributed by atoms with van der Waals surface area (Å²) in [7, 11) is 0. The SMILES string of the molecule is Cc1cccc(C(CO)CCC(C)(C)C)c1. The summed E-state index contributed by atoms with van der Waals surface area (Å²) >= 11 is 0. The van der Waals surface area contributed by atoms with Gasteiger partial charge in [0.1, 0.15) is 0 Å². The number of benzene rings is 1. The number of hydrogen-bond donors (Lipinski definition) is 1. The fourth-order valence-electron chi connectivity index (χ4n) is 1.89. The van der Waals surface area contributed by atoms with Crippen molar-refractivity contribution < 1.29 is 5.11 Å². The largest absolute Gasteiger partial charge is 0.396 e. The van der Waals surface area contributed by atoms with Crippen LogP contribution in [0, 0.1) is 12.3 Å². The third-order valence-electron chi connectivity index (χ3n) is 2.98. The monoisotopic (exact) mass is 220 g/mol. The van der Waals surface area contributed by atoms with Crippen LogP contribution in [0.4, 0.5) is 0 Å². The van der Waals surface area contributed by atoms with Crippen molar-refractivity contribution in [2.45, 2.75) is 46.5 Å². The number of aryl methyl sites for hydroxylation is 1. The van der Waals surface area contributed by atoms with Crippen LogP contribution in [0.5, 0.6) is 0 Å². The molecule has 90 valence electrons. The van der Waals surface area contributed by atoms with E-state index < -0.39 is 0 Å². The van der Waals surface area contributed by atoms with Gasteiger partial charge < -0.3 is 5.11 Å². The lowest BCUT2D eigenvalue weighted by molar-refractivity contribution is 0.241. The van der Waals surface area contributed by atoms with Crippen molar-refractivity contribution in [1.82, 2.24) is 0 Å². The molecule has 0 bridgehead atoms. The topological polar surface area (TPSA) is 20.2 Å². The summed E-state index contributed by atoms with van der Waals surface area (Å²) < 4.78 is 0. The Morgan fingerprint density at radius 2 is 1.94 bits per heavy atom. The molecule has 0 aliphatic rings. The van der Waals surface area contributed by atoms with Crippen LogP contribution in [0.15, 0.2) is 24.3 Å². The highest BCUT2D eigenvalue weighted by Gasteiger charge is 2.16. The first-order chi connectivity index (χ1) is 7.42. The Morgan fingerprint density at radius 1 is 1.25 bits per heavy atom. The summed E-state index contributed by atoms with van der Waals surface area (Å²) in [5.74, 6) is 0.291. The molecule has 0 aromatic heterocycles. The highest BCUT2D eigenvalue weighted by molar-refractivity contribution is 5.25. The summed E-state index contributed by atoms with van der Waals surface area (Å²) in [6, 6.07) is 8.48. The minimum atomic E-state index is 0.250. The fourth-order valence-corrected chi connectivity index (χ4v) is 1.89. The number of aliphatic hydroxyl groups excluding tert-OH is 1. The Kier molecular flexibility index (Phi) is 4.55. The summed E-state index contributed by atoms with van der Waals surface area (Å²) in [5.41, 5.74) is 2.88. The van der Waals surface area contributed by atoms with Gasteiger partial charge in [0, 0.05) is 12.5 Å². The van der Waals surface area contributed by atoms with Crippen molar-refractivity contribution in [2.24, 2.45) is 5.41 Å². The van der Waals surface area contributed by atoms with E-state index in [0.29, 0.717) is 11.3 Å². The van der Waals surface area contributed by atoms with Crippen LogP contribution in [-0.4, -0.2) is 11.7 Å². The van der Waals surface area contributed by atoms with E-state index in [0.717, 1.165) is 12.8 Å². The van der Waals surface area contributed by atoms with Crippen molar-refractivity contribution in [1.29, 1.82) is 0 Å². The smallest absolute Gasteiger partial charge is 0.0499 e. The van der Waals surface area contributed by atoms with Crippen molar-refractivity contribution in [2.75, 3.05) is 6.61 Å². The Morgan fingerprint density at radius 3 is 2.44 bits per heavy atom. The van der Waals surface area contributed by atoms with E-state index in [1.54, 1.807) is 0 Å². The first kappa shape index (κ1) is 13.2. The molecule has 0 saturated carbocycles. The van der Waals surface area contributed by atoms with Crippen LogP contribution in [0.2, 0.25) is 0 Å². The molecule has 16 heavy (non-hydrogen) atoms. The molecule has 0 aliphatic heterocycles. The predicted octanol–water partition coefficient (Wildman–Crippen LogP) is 3.90. The lowest BCUT2D eigenvalue weighted by atomic mass is 9.84. The predicted molar refractivity (Wildman–Crippen MR) is 69.7 cm³/mol. The van der Waals surface area contributed by atoms with Crippen LogP contribution in [0.1, 0.15) is 50.7 Å². The molecule has 1 aromatic rings. The number of rotatable bonds is 4. The first-order valence-corrected chi connectivity index (χ1v) is 6.10. The van der Waals surface area contributed by atoms with E-state index in [1.807, 2.05) is 0 Å². The van der Waals surface area contributed by atoms with Gasteiger partial charge in [-0.25, -0.2) is 0 Å². The standard InChI is InChI=1S/C15H24O/c1-12-6-5-7-13(10-12)14(11-16)8-9-15(2,3)4/h5-7,10,14,16H,8-9,11H2,1-4H3. The average molecular weight is 220 g/mol. The summed E-state index contributed by atoms with van der Waals surface area (Å²) in [6.07, 6.45) is 2.20. The zero-order chi connectivity index (χ0) is 12.2. The molecule has 1 N–H and O–H groups in total. The number of aliphatic hydroxyl groups is 1. The van der Waals surface area contributed by atoms with Crippen LogP contribution >= 0.6 is 0 Å². The van der Waals surface area contributed by atoms with Gasteiger partial charge in [-0.1, -0.05) is 50.6 Å². The number of hydrogen-bond acceptors (Lipinski definition) is 1. The second-order valence-corrected chi connectivity index (χ2v) is 5.89. The van der Waals surface area contributed by atoms with Crippen LogP contribution in [0.3, 0.4) is 0 Å². The summed E-state index contributed by atoms with van der Waals surface area (Å²) in [6.45, 7) is 9.09. The van der Waals surface area contributed by atoms with E-state index in [1.165, 1.54) is 11.1 Å². The first-order valence-electron chi connectivity index (χ1n) is 6.10. The van der Waals surface area contributed by atoms with E-state index in [2.05, 4.69) is 52.0 Å². The second kappa shape index (κ2) is 5.49. The Hall–Kier alpha value is -0.820. The fraction of sp³-hybridized carbons (Fsp3) is 0.600. The van der Waals surface area contributed by atoms with Crippen LogP contribution in [-0.2, 0) is 0 Å². The van der Waals surface area contributed by atoms with Gasteiger partial charge in [-0.2, -0.15) is 0 Å². The van der Waals surface area contributed by atoms with Gasteiger partial charge in [0.2, 0.25) is 0 Å². The lowest BCUT2D eigenvalue weighted by Crippen LogP contribution is -2.11. The molecule has 1 heteroatoms. The molecule has 1 aromatic carbocycles. The van der Waals surface area contributed by atoms with Crippen LogP contribution in [0.25, 0.3) is 0 Å². The van der Waals surface area contributed by atoms with Crippen molar-refractivity contribution in [3.05, 3.63) is 35.4 Å². The van der Waals surface area contributed by atoms with Gasteiger partial charge in [0.15, 0.2) is 0 Å². The molecule has 1 rings (SSSR count). The zero-order valence-corrected chi connectivity index (χ0v) is 11.0. The molecular formula is C15H24O. The summed E-state index contributed by atoms with van der Waals surface area (Å²) in [4.78, 5) is 0. The molecule has 1 unspecified atom stereocenters. The Labute approximate surface area is 99.5 Å². The average Bonchev–Trinajstić information content (AvgIpc) is 2.17. The Bertz CT molecular complexity index is 322. The second-order valence-electron chi connectivity index (χ2n) is 5.89. The van der Waals surface area contributed by atoms with Crippen molar-refractivity contribution in [3.8, 4) is 0 Å². The molecule has 0 aliphatic carbocycles. The maximum absolute atomic E-state index is 9.47. The lowest BCUT2D eigenvalue weighted by Gasteiger charge is -2.22. The van der Waals surface area contributed by atoms with E-state index in [4.69, 9.17) is 0 Å². The minimum absolute atomic E-state index is 0.250. The molecule has 1 atom stereocenters. The van der Waals surface area contributed by atoms with E-state index in [9.17, 15) is 5.11 Å². The molecule has 0 amide bonds. The molecule has 1 nitrogen and oxygen atoms in total. The van der Waals surface area contributed by atoms with Gasteiger partial charge >= 0.3 is 0 Å².